The molecule has 0 aliphatic heterocycles. The van der Waals surface area contributed by atoms with Crippen LogP contribution >= 0.6 is 0 Å². The van der Waals surface area contributed by atoms with Gasteiger partial charge in [-0.05, 0) is 23.8 Å². The molecule has 1 aromatic heterocycles. The molecule has 1 heterocycles. The Morgan fingerprint density at radius 2 is 2.07 bits per heavy atom. The number of ether oxygens (including phenoxy) is 1. The minimum Gasteiger partial charge on any atom is -0.504 e. The van der Waals surface area contributed by atoms with E-state index in [1.165, 1.54) is 0 Å². The monoisotopic (exact) mass is 185 g/mol. The molecule has 1 aromatic carbocycles. The molecule has 2 rings (SSSR count). The Morgan fingerprint density at radius 3 is 2.93 bits per heavy atom. The number of nitrogens with zero attached hydrogens (tertiary/aromatic N) is 1. The highest BCUT2D eigenvalue weighted by Crippen LogP contribution is 2.17. The van der Waals surface area contributed by atoms with Crippen LogP contribution in [0.15, 0.2) is 42.8 Å². The van der Waals surface area contributed by atoms with Crippen LogP contribution in [0.2, 0.25) is 0 Å². The number of aromatic nitrogens is 1. The highest BCUT2D eigenvalue weighted by Gasteiger charge is 1.96. The second kappa shape index (κ2) is 3.92. The van der Waals surface area contributed by atoms with E-state index in [-0.39, 0.29) is 0 Å². The quantitative estimate of drug-likeness (QED) is 0.671. The molecule has 0 fully saturated rings. The second-order valence-corrected chi connectivity index (χ2v) is 2.96. The summed E-state index contributed by atoms with van der Waals surface area (Å²) in [6, 6.07) is 10.0. The van der Waals surface area contributed by atoms with E-state index in [9.17, 15) is 0 Å². The number of fused-ring (bicyclic) bond motifs is 1. The lowest BCUT2D eigenvalue weighted by atomic mass is 10.1. The number of rotatable bonds is 2. The van der Waals surface area contributed by atoms with E-state index in [1.807, 2.05) is 30.3 Å². The predicted molar refractivity (Wildman–Crippen MR) is 57.8 cm³/mol. The molecule has 2 aromatic rings. The van der Waals surface area contributed by atoms with Gasteiger partial charge in [-0.15, -0.1) is 0 Å². The summed E-state index contributed by atoms with van der Waals surface area (Å²) in [5.41, 5.74) is 2.13. The Morgan fingerprint density at radius 1 is 1.21 bits per heavy atom. The molecule has 0 amide bonds. The lowest BCUT2D eigenvalue weighted by molar-refractivity contribution is 0.341. The summed E-state index contributed by atoms with van der Waals surface area (Å²) < 4.78 is 4.89. The fraction of sp³-hybridized carbons (Fsp3) is 0.0833. The Kier molecular flexibility index (Phi) is 2.45. The molecule has 14 heavy (non-hydrogen) atoms. The predicted octanol–water partition coefficient (Wildman–Crippen LogP) is 2.85. The molecule has 0 spiro atoms. The first-order chi connectivity index (χ1) is 6.92. The van der Waals surface area contributed by atoms with Gasteiger partial charge in [0.05, 0.1) is 18.9 Å². The smallest absolute Gasteiger partial charge is 0.0830 e. The summed E-state index contributed by atoms with van der Waals surface area (Å²) in [5, 5.41) is 1.14. The summed E-state index contributed by atoms with van der Waals surface area (Å²) in [6.07, 6.45) is 5.41. The minimum atomic E-state index is 1.01. The van der Waals surface area contributed by atoms with Gasteiger partial charge in [-0.1, -0.05) is 18.2 Å². The number of hydrogen-bond acceptors (Lipinski definition) is 2. The van der Waals surface area contributed by atoms with Crippen LogP contribution in [0.4, 0.5) is 0 Å². The van der Waals surface area contributed by atoms with Gasteiger partial charge in [-0.25, -0.2) is 0 Å². The molecule has 0 saturated heterocycles. The fourth-order valence-corrected chi connectivity index (χ4v) is 1.40. The maximum absolute atomic E-state index is 4.89. The van der Waals surface area contributed by atoms with Crippen LogP contribution in [0.25, 0.3) is 17.0 Å². The van der Waals surface area contributed by atoms with Crippen molar-refractivity contribution in [2.75, 3.05) is 7.11 Å². The average molecular weight is 185 g/mol. The lowest BCUT2D eigenvalue weighted by Crippen LogP contribution is -1.81. The van der Waals surface area contributed by atoms with Gasteiger partial charge in [0.25, 0.3) is 0 Å². The molecule has 0 radical (unpaired) electrons. The first-order valence-corrected chi connectivity index (χ1v) is 4.45. The van der Waals surface area contributed by atoms with Crippen molar-refractivity contribution in [2.24, 2.45) is 0 Å². The van der Waals surface area contributed by atoms with Crippen LogP contribution in [-0.2, 0) is 4.74 Å². The van der Waals surface area contributed by atoms with Crippen LogP contribution in [0, 0.1) is 0 Å². The molecule has 70 valence electrons. The zero-order chi connectivity index (χ0) is 9.80. The van der Waals surface area contributed by atoms with Crippen molar-refractivity contribution in [1.82, 2.24) is 4.98 Å². The first-order valence-electron chi connectivity index (χ1n) is 4.45. The molecule has 0 aliphatic carbocycles. The van der Waals surface area contributed by atoms with Gasteiger partial charge in [-0.2, -0.15) is 0 Å². The summed E-state index contributed by atoms with van der Waals surface area (Å²) in [5.74, 6) is 0. The van der Waals surface area contributed by atoms with Crippen LogP contribution in [-0.4, -0.2) is 12.1 Å². The SMILES string of the molecule is COC=Cc1ccnc2ccccc12. The van der Waals surface area contributed by atoms with E-state index in [1.54, 1.807) is 19.6 Å². The summed E-state index contributed by atoms with van der Waals surface area (Å²) in [7, 11) is 1.64. The van der Waals surface area contributed by atoms with Crippen LogP contribution in [0.5, 0.6) is 0 Å². The molecule has 2 heteroatoms. The number of hydrogen-bond donors (Lipinski definition) is 0. The highest BCUT2D eigenvalue weighted by atomic mass is 16.5. The molecule has 0 bridgehead atoms. The van der Waals surface area contributed by atoms with Crippen molar-refractivity contribution in [3.63, 3.8) is 0 Å². The third kappa shape index (κ3) is 1.59. The van der Waals surface area contributed by atoms with Crippen molar-refractivity contribution in [2.45, 2.75) is 0 Å². The summed E-state index contributed by atoms with van der Waals surface area (Å²) >= 11 is 0. The normalized spacial score (nSPS) is 10.9. The third-order valence-corrected chi connectivity index (χ3v) is 2.07. The molecule has 0 unspecified atom stereocenters. The van der Waals surface area contributed by atoms with E-state index < -0.39 is 0 Å². The van der Waals surface area contributed by atoms with Crippen molar-refractivity contribution in [1.29, 1.82) is 0 Å². The van der Waals surface area contributed by atoms with Gasteiger partial charge in [0, 0.05) is 11.6 Å². The zero-order valence-electron chi connectivity index (χ0n) is 7.97. The Labute approximate surface area is 82.9 Å². The van der Waals surface area contributed by atoms with Gasteiger partial charge in [-0.3, -0.25) is 4.98 Å². The van der Waals surface area contributed by atoms with Crippen molar-refractivity contribution < 1.29 is 4.74 Å². The zero-order valence-corrected chi connectivity index (χ0v) is 7.97. The number of pyridine rings is 1. The number of para-hydroxylation sites is 1. The third-order valence-electron chi connectivity index (χ3n) is 2.07. The Balaban J connectivity index is 2.59. The Bertz CT molecular complexity index is 457. The van der Waals surface area contributed by atoms with Crippen molar-refractivity contribution >= 4 is 17.0 Å². The van der Waals surface area contributed by atoms with Gasteiger partial charge in [0.15, 0.2) is 0 Å². The van der Waals surface area contributed by atoms with E-state index in [0.29, 0.717) is 0 Å². The van der Waals surface area contributed by atoms with Crippen molar-refractivity contribution in [3.8, 4) is 0 Å². The van der Waals surface area contributed by atoms with Gasteiger partial charge >= 0.3 is 0 Å². The topological polar surface area (TPSA) is 22.1 Å². The summed E-state index contributed by atoms with van der Waals surface area (Å²) in [6.45, 7) is 0. The average Bonchev–Trinajstić information content (AvgIpc) is 2.26. The standard InChI is InChI=1S/C12H11NO/c1-14-9-7-10-6-8-13-12-5-3-2-4-11(10)12/h2-9H,1H3. The van der Waals surface area contributed by atoms with Crippen molar-refractivity contribution in [3.05, 3.63) is 48.4 Å². The highest BCUT2D eigenvalue weighted by molar-refractivity contribution is 5.87. The number of benzene rings is 1. The molecule has 2 nitrogen and oxygen atoms in total. The largest absolute Gasteiger partial charge is 0.504 e. The molecule has 0 aliphatic rings. The van der Waals surface area contributed by atoms with Gasteiger partial charge in [0.2, 0.25) is 0 Å². The van der Waals surface area contributed by atoms with Crippen LogP contribution in [0.3, 0.4) is 0 Å². The van der Waals surface area contributed by atoms with Gasteiger partial charge in [0.1, 0.15) is 0 Å². The molecule has 0 atom stereocenters. The van der Waals surface area contributed by atoms with E-state index in [0.717, 1.165) is 16.5 Å². The maximum atomic E-state index is 4.89. The van der Waals surface area contributed by atoms with Crippen LogP contribution in [0.1, 0.15) is 5.56 Å². The van der Waals surface area contributed by atoms with E-state index in [4.69, 9.17) is 4.74 Å². The van der Waals surface area contributed by atoms with E-state index in [2.05, 4.69) is 11.1 Å². The van der Waals surface area contributed by atoms with Crippen LogP contribution < -0.4 is 0 Å². The fourth-order valence-electron chi connectivity index (χ4n) is 1.40. The molecular formula is C12H11NO. The molecule has 0 saturated carbocycles. The summed E-state index contributed by atoms with van der Waals surface area (Å²) in [4.78, 5) is 4.28. The molecular weight excluding hydrogens is 174 g/mol. The Hall–Kier alpha value is -1.83. The first kappa shape index (κ1) is 8.75. The molecule has 0 N–H and O–H groups in total. The lowest BCUT2D eigenvalue weighted by Gasteiger charge is -2.00. The maximum Gasteiger partial charge on any atom is 0.0830 e. The second-order valence-electron chi connectivity index (χ2n) is 2.96. The minimum absolute atomic E-state index is 1.01. The number of methoxy groups -OCH3 is 1. The van der Waals surface area contributed by atoms with E-state index >= 15 is 0 Å². The van der Waals surface area contributed by atoms with Gasteiger partial charge < -0.3 is 4.74 Å².